The van der Waals surface area contributed by atoms with Crippen LogP contribution < -0.4 is 20.9 Å². The van der Waals surface area contributed by atoms with Crippen LogP contribution in [0.3, 0.4) is 0 Å². The highest BCUT2D eigenvalue weighted by molar-refractivity contribution is 5.84. The largest absolute Gasteiger partial charge is 0.493 e. The van der Waals surface area contributed by atoms with Gasteiger partial charge in [0, 0.05) is 29.4 Å². The van der Waals surface area contributed by atoms with Crippen LogP contribution in [-0.2, 0) is 13.0 Å². The van der Waals surface area contributed by atoms with Crippen molar-refractivity contribution in [2.45, 2.75) is 13.0 Å². The summed E-state index contributed by atoms with van der Waals surface area (Å²) in [6, 6.07) is 31.7. The Labute approximate surface area is 183 Å². The smallest absolute Gasteiger partial charge is 0.129 e. The fourth-order valence-corrected chi connectivity index (χ4v) is 3.49. The topological polar surface area (TPSA) is 70.5 Å². The van der Waals surface area contributed by atoms with Gasteiger partial charge in [-0.2, -0.15) is 0 Å². The summed E-state index contributed by atoms with van der Waals surface area (Å²) in [5.74, 6) is 1.42. The van der Waals surface area contributed by atoms with Gasteiger partial charge in [0.1, 0.15) is 18.1 Å². The van der Waals surface area contributed by atoms with Gasteiger partial charge in [-0.25, -0.2) is 0 Å². The molecule has 4 aromatic rings. The molecule has 0 aliphatic carbocycles. The summed E-state index contributed by atoms with van der Waals surface area (Å²) in [6.45, 7) is 1.02. The van der Waals surface area contributed by atoms with E-state index in [0.29, 0.717) is 36.1 Å². The van der Waals surface area contributed by atoms with E-state index in [2.05, 4.69) is 12.1 Å². The molecule has 0 atom stereocenters. The molecule has 4 aromatic carbocycles. The first-order valence-electron chi connectivity index (χ1n) is 10.3. The number of nitrogen functional groups attached to an aromatic ring is 2. The standard InChI is InChI=1S/C27H26N2O2/c28-23-16-22(17-24(18-23)30-15-14-20-8-3-1-4-9-20)27-25(29)12-7-13-26(27)31-19-21-10-5-2-6-11-21/h1-13,16-18H,14-15,19,28-29H2. The number of rotatable bonds is 8. The maximum absolute atomic E-state index is 6.34. The molecule has 0 radical (unpaired) electrons. The van der Waals surface area contributed by atoms with Gasteiger partial charge in [0.15, 0.2) is 0 Å². The van der Waals surface area contributed by atoms with E-state index >= 15 is 0 Å². The first-order chi connectivity index (χ1) is 15.2. The third-order valence-corrected chi connectivity index (χ3v) is 5.02. The van der Waals surface area contributed by atoms with Crippen LogP contribution in [0.25, 0.3) is 11.1 Å². The predicted octanol–water partition coefficient (Wildman–Crippen LogP) is 5.72. The fourth-order valence-electron chi connectivity index (χ4n) is 3.49. The van der Waals surface area contributed by atoms with E-state index in [-0.39, 0.29) is 0 Å². The van der Waals surface area contributed by atoms with Crippen LogP contribution in [0, 0.1) is 0 Å². The minimum absolute atomic E-state index is 0.458. The third-order valence-electron chi connectivity index (χ3n) is 5.02. The summed E-state index contributed by atoms with van der Waals surface area (Å²) in [7, 11) is 0. The van der Waals surface area contributed by atoms with Gasteiger partial charge >= 0.3 is 0 Å². The number of ether oxygens (including phenoxy) is 2. The molecule has 0 spiro atoms. The normalized spacial score (nSPS) is 10.6. The van der Waals surface area contributed by atoms with Crippen molar-refractivity contribution in [3.63, 3.8) is 0 Å². The second-order valence-corrected chi connectivity index (χ2v) is 7.37. The molecule has 0 amide bonds. The Morgan fingerprint density at radius 1 is 0.645 bits per heavy atom. The van der Waals surface area contributed by atoms with Gasteiger partial charge in [0.05, 0.1) is 6.61 Å². The molecule has 0 saturated heterocycles. The van der Waals surface area contributed by atoms with Crippen LogP contribution >= 0.6 is 0 Å². The molecular weight excluding hydrogens is 384 g/mol. The van der Waals surface area contributed by atoms with Gasteiger partial charge in [-0.05, 0) is 41.0 Å². The van der Waals surface area contributed by atoms with Crippen molar-refractivity contribution in [1.29, 1.82) is 0 Å². The number of anilines is 2. The second kappa shape index (κ2) is 9.72. The molecule has 0 bridgehead atoms. The molecule has 156 valence electrons. The first-order valence-corrected chi connectivity index (χ1v) is 10.3. The lowest BCUT2D eigenvalue weighted by Gasteiger charge is -2.16. The Bertz CT molecular complexity index is 1130. The molecule has 0 aromatic heterocycles. The van der Waals surface area contributed by atoms with Gasteiger partial charge in [-0.3, -0.25) is 0 Å². The number of hydrogen-bond donors (Lipinski definition) is 2. The molecule has 0 unspecified atom stereocenters. The van der Waals surface area contributed by atoms with Crippen LogP contribution in [0.15, 0.2) is 97.1 Å². The van der Waals surface area contributed by atoms with Gasteiger partial charge in [0.25, 0.3) is 0 Å². The van der Waals surface area contributed by atoms with Crippen LogP contribution in [0.1, 0.15) is 11.1 Å². The molecule has 0 aliphatic rings. The zero-order chi connectivity index (χ0) is 21.5. The van der Waals surface area contributed by atoms with E-state index in [1.54, 1.807) is 0 Å². The minimum Gasteiger partial charge on any atom is -0.493 e. The fraction of sp³-hybridized carbons (Fsp3) is 0.111. The van der Waals surface area contributed by atoms with Crippen LogP contribution in [0.4, 0.5) is 11.4 Å². The lowest BCUT2D eigenvalue weighted by atomic mass is 10.0. The molecule has 0 saturated carbocycles. The highest BCUT2D eigenvalue weighted by Crippen LogP contribution is 2.38. The van der Waals surface area contributed by atoms with Crippen molar-refractivity contribution >= 4 is 11.4 Å². The monoisotopic (exact) mass is 410 g/mol. The van der Waals surface area contributed by atoms with Crippen molar-refractivity contribution in [2.75, 3.05) is 18.1 Å². The van der Waals surface area contributed by atoms with E-state index in [4.69, 9.17) is 20.9 Å². The summed E-state index contributed by atoms with van der Waals surface area (Å²) < 4.78 is 12.1. The molecule has 4 rings (SSSR count). The van der Waals surface area contributed by atoms with Gasteiger partial charge in [-0.1, -0.05) is 66.7 Å². The SMILES string of the molecule is Nc1cc(OCCc2ccccc2)cc(-c2c(N)cccc2OCc2ccccc2)c1. The van der Waals surface area contributed by atoms with Gasteiger partial charge in [0.2, 0.25) is 0 Å². The van der Waals surface area contributed by atoms with Gasteiger partial charge in [-0.15, -0.1) is 0 Å². The average molecular weight is 411 g/mol. The maximum atomic E-state index is 6.34. The van der Waals surface area contributed by atoms with E-state index in [0.717, 1.165) is 23.1 Å². The van der Waals surface area contributed by atoms with Crippen molar-refractivity contribution < 1.29 is 9.47 Å². The van der Waals surface area contributed by atoms with E-state index < -0.39 is 0 Å². The Morgan fingerprint density at radius 3 is 2.10 bits per heavy atom. The second-order valence-electron chi connectivity index (χ2n) is 7.37. The molecule has 0 aliphatic heterocycles. The van der Waals surface area contributed by atoms with Crippen LogP contribution in [0.5, 0.6) is 11.5 Å². The number of hydrogen-bond acceptors (Lipinski definition) is 4. The summed E-state index contributed by atoms with van der Waals surface area (Å²) in [6.07, 6.45) is 0.823. The zero-order valence-corrected chi connectivity index (χ0v) is 17.3. The highest BCUT2D eigenvalue weighted by atomic mass is 16.5. The third kappa shape index (κ3) is 5.37. The Hall–Kier alpha value is -3.92. The average Bonchev–Trinajstić information content (AvgIpc) is 2.79. The maximum Gasteiger partial charge on any atom is 0.129 e. The van der Waals surface area contributed by atoms with E-state index in [1.807, 2.05) is 84.9 Å². The molecule has 4 N–H and O–H groups in total. The first kappa shape index (κ1) is 20.4. The summed E-state index contributed by atoms with van der Waals surface area (Å²) >= 11 is 0. The van der Waals surface area contributed by atoms with E-state index in [9.17, 15) is 0 Å². The Kier molecular flexibility index (Phi) is 6.38. The number of benzene rings is 4. The highest BCUT2D eigenvalue weighted by Gasteiger charge is 2.13. The number of nitrogens with two attached hydrogens (primary N) is 2. The molecule has 0 heterocycles. The Balaban J connectivity index is 1.54. The Morgan fingerprint density at radius 2 is 1.35 bits per heavy atom. The summed E-state index contributed by atoms with van der Waals surface area (Å²) in [5.41, 5.74) is 17.8. The molecule has 4 nitrogen and oxygen atoms in total. The molecule has 31 heavy (non-hydrogen) atoms. The minimum atomic E-state index is 0.458. The van der Waals surface area contributed by atoms with E-state index in [1.165, 1.54) is 5.56 Å². The molecule has 0 fully saturated rings. The summed E-state index contributed by atoms with van der Waals surface area (Å²) in [4.78, 5) is 0. The van der Waals surface area contributed by atoms with Crippen LogP contribution in [0.2, 0.25) is 0 Å². The van der Waals surface area contributed by atoms with Gasteiger partial charge < -0.3 is 20.9 Å². The van der Waals surface area contributed by atoms with Crippen molar-refractivity contribution in [2.24, 2.45) is 0 Å². The van der Waals surface area contributed by atoms with Crippen molar-refractivity contribution in [1.82, 2.24) is 0 Å². The summed E-state index contributed by atoms with van der Waals surface area (Å²) in [5, 5.41) is 0. The lowest BCUT2D eigenvalue weighted by Crippen LogP contribution is -2.03. The van der Waals surface area contributed by atoms with Crippen molar-refractivity contribution in [3.8, 4) is 22.6 Å². The van der Waals surface area contributed by atoms with Crippen molar-refractivity contribution in [3.05, 3.63) is 108 Å². The predicted molar refractivity (Wildman–Crippen MR) is 127 cm³/mol. The zero-order valence-electron chi connectivity index (χ0n) is 17.3. The van der Waals surface area contributed by atoms with Crippen LogP contribution in [-0.4, -0.2) is 6.61 Å². The molecular formula is C27H26N2O2. The lowest BCUT2D eigenvalue weighted by molar-refractivity contribution is 0.307. The molecule has 4 heteroatoms. The quantitative estimate of drug-likeness (QED) is 0.365.